The number of amides is 1. The Hall–Kier alpha value is -0.770. The maximum absolute atomic E-state index is 12.7. The van der Waals surface area contributed by atoms with Crippen molar-refractivity contribution in [2.45, 2.75) is 64.5 Å². The maximum Gasteiger partial charge on any atom is 0.410 e. The van der Waals surface area contributed by atoms with Crippen molar-refractivity contribution in [2.75, 3.05) is 46.9 Å². The zero-order valence-corrected chi connectivity index (χ0v) is 20.5. The molecule has 2 rings (SSSR count). The van der Waals surface area contributed by atoms with Crippen LogP contribution in [0.25, 0.3) is 0 Å². The highest BCUT2D eigenvalue weighted by Gasteiger charge is 2.35. The number of halogens is 1. The predicted molar refractivity (Wildman–Crippen MR) is 124 cm³/mol. The Labute approximate surface area is 187 Å². The number of piperidine rings is 1. The van der Waals surface area contributed by atoms with Crippen LogP contribution in [0.2, 0.25) is 0 Å². The first-order valence-electron chi connectivity index (χ1n) is 10.3. The van der Waals surface area contributed by atoms with Gasteiger partial charge >= 0.3 is 6.09 Å². The Morgan fingerprint density at radius 1 is 1.21 bits per heavy atom. The first kappa shape index (κ1) is 25.3. The van der Waals surface area contributed by atoms with Crippen molar-refractivity contribution in [1.29, 1.82) is 0 Å². The lowest BCUT2D eigenvalue weighted by atomic mass is 10.0. The number of methoxy groups -OCH3 is 1. The van der Waals surface area contributed by atoms with Crippen LogP contribution in [0.3, 0.4) is 0 Å². The van der Waals surface area contributed by atoms with Gasteiger partial charge in [-0.05, 0) is 58.8 Å². The monoisotopic (exact) mass is 510 g/mol. The van der Waals surface area contributed by atoms with E-state index in [1.165, 1.54) is 12.8 Å². The normalized spacial score (nSPS) is 18.5. The Morgan fingerprint density at radius 2 is 1.86 bits per heavy atom. The van der Waals surface area contributed by atoms with Gasteiger partial charge in [0.05, 0.1) is 0 Å². The van der Waals surface area contributed by atoms with Gasteiger partial charge in [0.15, 0.2) is 5.96 Å². The zero-order valence-electron chi connectivity index (χ0n) is 18.2. The van der Waals surface area contributed by atoms with Gasteiger partial charge in [-0.1, -0.05) is 0 Å². The second-order valence-corrected chi connectivity index (χ2v) is 8.61. The number of hydrogen-bond donors (Lipinski definition) is 1. The van der Waals surface area contributed by atoms with E-state index in [2.05, 4.69) is 15.2 Å². The summed E-state index contributed by atoms with van der Waals surface area (Å²) in [5.41, 5.74) is -0.451. The van der Waals surface area contributed by atoms with Crippen molar-refractivity contribution in [3.63, 3.8) is 0 Å². The minimum atomic E-state index is -0.451. The molecule has 0 unspecified atom stereocenters. The quantitative estimate of drug-likeness (QED) is 0.247. The van der Waals surface area contributed by atoms with Crippen molar-refractivity contribution < 1.29 is 14.3 Å². The lowest BCUT2D eigenvalue weighted by molar-refractivity contribution is 0.00928. The van der Waals surface area contributed by atoms with Crippen molar-refractivity contribution >= 4 is 36.0 Å². The summed E-state index contributed by atoms with van der Waals surface area (Å²) in [5.74, 6) is 1.60. The molecule has 1 saturated carbocycles. The molecule has 0 spiro atoms. The molecule has 0 radical (unpaired) electrons. The third kappa shape index (κ3) is 8.71. The number of nitrogens with zero attached hydrogens (tertiary/aromatic N) is 3. The van der Waals surface area contributed by atoms with Gasteiger partial charge in [0.2, 0.25) is 0 Å². The Bertz CT molecular complexity index is 498. The van der Waals surface area contributed by atoms with E-state index in [0.717, 1.165) is 58.0 Å². The third-order valence-electron chi connectivity index (χ3n) is 5.00. The molecule has 0 bridgehead atoms. The molecule has 1 N–H and O–H groups in total. The summed E-state index contributed by atoms with van der Waals surface area (Å²) < 4.78 is 10.8. The van der Waals surface area contributed by atoms with Gasteiger partial charge in [-0.25, -0.2) is 4.79 Å². The summed E-state index contributed by atoms with van der Waals surface area (Å²) >= 11 is 0. The van der Waals surface area contributed by atoms with Crippen LogP contribution >= 0.6 is 24.0 Å². The number of guanidine groups is 1. The van der Waals surface area contributed by atoms with E-state index in [0.29, 0.717) is 5.92 Å². The van der Waals surface area contributed by atoms with Crippen LogP contribution in [0.15, 0.2) is 4.99 Å². The summed E-state index contributed by atoms with van der Waals surface area (Å²) in [5, 5.41) is 3.40. The highest BCUT2D eigenvalue weighted by Crippen LogP contribution is 2.32. The fourth-order valence-corrected chi connectivity index (χ4v) is 3.41. The number of rotatable bonds is 7. The first-order chi connectivity index (χ1) is 12.8. The largest absolute Gasteiger partial charge is 0.444 e. The topological polar surface area (TPSA) is 66.4 Å². The van der Waals surface area contributed by atoms with Crippen molar-refractivity contribution in [2.24, 2.45) is 10.9 Å². The lowest BCUT2D eigenvalue weighted by Crippen LogP contribution is -2.52. The molecule has 1 aliphatic heterocycles. The van der Waals surface area contributed by atoms with Gasteiger partial charge in [-0.15, -0.1) is 24.0 Å². The molecular weight excluding hydrogens is 471 g/mol. The standard InChI is InChI=1S/C20H38N4O3.HI/c1-20(2,3)27-19(25)24(15-16-7-8-16)17-9-12-23(13-10-17)18(21-4)22-11-6-14-26-5;/h16-17H,6-15H2,1-5H3,(H,21,22);1H. The molecule has 1 saturated heterocycles. The van der Waals surface area contributed by atoms with Crippen molar-refractivity contribution in [3.05, 3.63) is 0 Å². The van der Waals surface area contributed by atoms with Crippen LogP contribution in [0.1, 0.15) is 52.9 Å². The average Bonchev–Trinajstić information content (AvgIpc) is 3.43. The molecule has 2 fully saturated rings. The number of aliphatic imine (C=N–C) groups is 1. The van der Waals surface area contributed by atoms with Gasteiger partial charge in [0.1, 0.15) is 5.60 Å². The Morgan fingerprint density at radius 3 is 2.36 bits per heavy atom. The number of carbonyl (C=O) groups excluding carboxylic acids is 1. The van der Waals surface area contributed by atoms with Gasteiger partial charge in [-0.2, -0.15) is 0 Å². The average molecular weight is 510 g/mol. The fourth-order valence-electron chi connectivity index (χ4n) is 3.41. The molecule has 0 aromatic rings. The molecule has 0 atom stereocenters. The van der Waals surface area contributed by atoms with Gasteiger partial charge < -0.3 is 24.6 Å². The van der Waals surface area contributed by atoms with Crippen LogP contribution in [0.5, 0.6) is 0 Å². The second-order valence-electron chi connectivity index (χ2n) is 8.61. The molecule has 0 aromatic heterocycles. The smallest absolute Gasteiger partial charge is 0.410 e. The zero-order chi connectivity index (χ0) is 19.9. The Balaban J connectivity index is 0.00000392. The maximum atomic E-state index is 12.7. The minimum absolute atomic E-state index is 0. The van der Waals surface area contributed by atoms with Crippen LogP contribution in [-0.2, 0) is 9.47 Å². The van der Waals surface area contributed by atoms with Crippen LogP contribution in [-0.4, -0.2) is 80.4 Å². The lowest BCUT2D eigenvalue weighted by Gasteiger charge is -2.40. The van der Waals surface area contributed by atoms with Gasteiger partial charge in [0, 0.05) is 53.0 Å². The summed E-state index contributed by atoms with van der Waals surface area (Å²) in [4.78, 5) is 21.4. The highest BCUT2D eigenvalue weighted by molar-refractivity contribution is 14.0. The van der Waals surface area contributed by atoms with Crippen molar-refractivity contribution in [1.82, 2.24) is 15.1 Å². The molecule has 1 amide bonds. The molecule has 2 aliphatic rings. The number of hydrogen-bond acceptors (Lipinski definition) is 4. The summed E-state index contributed by atoms with van der Waals surface area (Å²) in [7, 11) is 3.54. The van der Waals surface area contributed by atoms with E-state index in [1.807, 2.05) is 32.7 Å². The number of nitrogens with one attached hydrogen (secondary N) is 1. The van der Waals surface area contributed by atoms with Gasteiger partial charge in [-0.3, -0.25) is 4.99 Å². The molecule has 7 nitrogen and oxygen atoms in total. The van der Waals surface area contributed by atoms with Crippen LogP contribution in [0, 0.1) is 5.92 Å². The van der Waals surface area contributed by atoms with E-state index in [1.54, 1.807) is 7.11 Å². The second kappa shape index (κ2) is 12.0. The first-order valence-corrected chi connectivity index (χ1v) is 10.3. The molecule has 1 heterocycles. The minimum Gasteiger partial charge on any atom is -0.444 e. The van der Waals surface area contributed by atoms with E-state index in [-0.39, 0.29) is 36.1 Å². The molecule has 8 heteroatoms. The Kier molecular flexibility index (Phi) is 10.9. The number of likely N-dealkylation sites (tertiary alicyclic amines) is 1. The van der Waals surface area contributed by atoms with Crippen molar-refractivity contribution in [3.8, 4) is 0 Å². The number of ether oxygens (including phenoxy) is 2. The van der Waals surface area contributed by atoms with E-state index in [4.69, 9.17) is 9.47 Å². The van der Waals surface area contributed by atoms with E-state index < -0.39 is 5.60 Å². The van der Waals surface area contributed by atoms with E-state index in [9.17, 15) is 4.79 Å². The van der Waals surface area contributed by atoms with E-state index >= 15 is 0 Å². The summed E-state index contributed by atoms with van der Waals surface area (Å²) in [6, 6.07) is 0.253. The molecule has 28 heavy (non-hydrogen) atoms. The van der Waals surface area contributed by atoms with Crippen LogP contribution in [0.4, 0.5) is 4.79 Å². The highest BCUT2D eigenvalue weighted by atomic mass is 127. The van der Waals surface area contributed by atoms with Gasteiger partial charge in [0.25, 0.3) is 0 Å². The molecule has 1 aliphatic carbocycles. The fraction of sp³-hybridized carbons (Fsp3) is 0.900. The molecular formula is C20H39IN4O3. The molecule has 0 aromatic carbocycles. The predicted octanol–water partition coefficient (Wildman–Crippen LogP) is 3.33. The third-order valence-corrected chi connectivity index (χ3v) is 5.00. The molecule has 164 valence electrons. The number of carbonyl (C=O) groups is 1. The summed E-state index contributed by atoms with van der Waals surface area (Å²) in [6.45, 7) is 10.0. The summed E-state index contributed by atoms with van der Waals surface area (Å²) in [6.07, 6.45) is 5.16. The SMILES string of the molecule is CN=C(NCCCOC)N1CCC(N(CC2CC2)C(=O)OC(C)(C)C)CC1.I. The van der Waals surface area contributed by atoms with Crippen LogP contribution < -0.4 is 5.32 Å².